The predicted octanol–water partition coefficient (Wildman–Crippen LogP) is 4.63. The SMILES string of the molecule is CC1(c2ccccc2)C23CC=CCC21CC=CC3. The Bertz CT molecular complexity index is 488. The summed E-state index contributed by atoms with van der Waals surface area (Å²) < 4.78 is 0. The highest BCUT2D eigenvalue weighted by atomic mass is 14.8. The van der Waals surface area contributed by atoms with E-state index in [2.05, 4.69) is 61.6 Å². The lowest BCUT2D eigenvalue weighted by Crippen LogP contribution is -2.17. The minimum atomic E-state index is 0.369. The molecule has 0 amide bonds. The third-order valence-electron chi connectivity index (χ3n) is 6.32. The molecule has 1 aromatic carbocycles. The van der Waals surface area contributed by atoms with Crippen LogP contribution < -0.4 is 0 Å². The second-order valence-electron chi connectivity index (χ2n) is 6.41. The fourth-order valence-electron chi connectivity index (χ4n) is 5.28. The van der Waals surface area contributed by atoms with Crippen LogP contribution in [0, 0.1) is 10.8 Å². The predicted molar refractivity (Wildman–Crippen MR) is 75.4 cm³/mol. The van der Waals surface area contributed by atoms with Gasteiger partial charge in [0.05, 0.1) is 0 Å². The van der Waals surface area contributed by atoms with Gasteiger partial charge in [0.1, 0.15) is 0 Å². The molecule has 0 aliphatic heterocycles. The summed E-state index contributed by atoms with van der Waals surface area (Å²) in [4.78, 5) is 0. The Hall–Kier alpha value is -1.30. The molecule has 3 aliphatic rings. The van der Waals surface area contributed by atoms with Crippen LogP contribution in [0.2, 0.25) is 0 Å². The van der Waals surface area contributed by atoms with Crippen molar-refractivity contribution < 1.29 is 0 Å². The van der Waals surface area contributed by atoms with E-state index in [0.717, 1.165) is 0 Å². The molecule has 0 radical (unpaired) electrons. The van der Waals surface area contributed by atoms with E-state index in [-0.39, 0.29) is 0 Å². The molecular formula is C18H20. The van der Waals surface area contributed by atoms with E-state index < -0.39 is 0 Å². The van der Waals surface area contributed by atoms with Crippen LogP contribution in [0.15, 0.2) is 54.6 Å². The first-order valence-electron chi connectivity index (χ1n) is 7.12. The van der Waals surface area contributed by atoms with Crippen molar-refractivity contribution in [2.24, 2.45) is 10.8 Å². The zero-order valence-electron chi connectivity index (χ0n) is 11.0. The van der Waals surface area contributed by atoms with Crippen molar-refractivity contribution in [3.05, 3.63) is 60.2 Å². The van der Waals surface area contributed by atoms with Gasteiger partial charge in [-0.1, -0.05) is 61.6 Å². The Kier molecular flexibility index (Phi) is 1.87. The van der Waals surface area contributed by atoms with E-state index in [1.165, 1.54) is 25.7 Å². The molecule has 18 heavy (non-hydrogen) atoms. The van der Waals surface area contributed by atoms with Gasteiger partial charge in [0.25, 0.3) is 0 Å². The number of benzene rings is 1. The van der Waals surface area contributed by atoms with Gasteiger partial charge in [0.15, 0.2) is 0 Å². The highest BCUT2D eigenvalue weighted by Gasteiger charge is 2.82. The van der Waals surface area contributed by atoms with Gasteiger partial charge >= 0.3 is 0 Å². The van der Waals surface area contributed by atoms with Crippen LogP contribution in [0.4, 0.5) is 0 Å². The molecule has 0 aromatic heterocycles. The van der Waals surface area contributed by atoms with Gasteiger partial charge in [-0.25, -0.2) is 0 Å². The Morgan fingerprint density at radius 1 is 0.722 bits per heavy atom. The van der Waals surface area contributed by atoms with E-state index in [1.807, 2.05) is 0 Å². The van der Waals surface area contributed by atoms with E-state index in [4.69, 9.17) is 0 Å². The first-order chi connectivity index (χ1) is 8.77. The second-order valence-corrected chi connectivity index (χ2v) is 6.41. The van der Waals surface area contributed by atoms with Crippen LogP contribution in [-0.2, 0) is 5.41 Å². The lowest BCUT2D eigenvalue weighted by atomic mass is 9.76. The van der Waals surface area contributed by atoms with Crippen molar-refractivity contribution in [1.82, 2.24) is 0 Å². The highest BCUT2D eigenvalue weighted by molar-refractivity contribution is 5.50. The summed E-state index contributed by atoms with van der Waals surface area (Å²) in [5.74, 6) is 0. The van der Waals surface area contributed by atoms with Crippen LogP contribution >= 0.6 is 0 Å². The van der Waals surface area contributed by atoms with Gasteiger partial charge < -0.3 is 0 Å². The molecule has 0 heteroatoms. The number of hydrogen-bond acceptors (Lipinski definition) is 0. The normalized spacial score (nSPS) is 44.3. The van der Waals surface area contributed by atoms with Crippen molar-refractivity contribution in [2.45, 2.75) is 38.0 Å². The molecule has 4 rings (SSSR count). The molecule has 0 atom stereocenters. The summed E-state index contributed by atoms with van der Waals surface area (Å²) >= 11 is 0. The van der Waals surface area contributed by atoms with Crippen LogP contribution in [0.5, 0.6) is 0 Å². The molecule has 0 heterocycles. The lowest BCUT2D eigenvalue weighted by Gasteiger charge is -2.28. The smallest absolute Gasteiger partial charge is 0.00610 e. The summed E-state index contributed by atoms with van der Waals surface area (Å²) in [6.45, 7) is 2.52. The maximum absolute atomic E-state index is 2.52. The van der Waals surface area contributed by atoms with Crippen molar-refractivity contribution in [1.29, 1.82) is 0 Å². The summed E-state index contributed by atoms with van der Waals surface area (Å²) in [6, 6.07) is 11.2. The van der Waals surface area contributed by atoms with Gasteiger partial charge in [-0.2, -0.15) is 0 Å². The monoisotopic (exact) mass is 236 g/mol. The van der Waals surface area contributed by atoms with Crippen LogP contribution in [0.1, 0.15) is 38.2 Å². The zero-order valence-corrected chi connectivity index (χ0v) is 11.0. The van der Waals surface area contributed by atoms with E-state index in [0.29, 0.717) is 16.2 Å². The molecule has 1 aromatic rings. The first-order valence-corrected chi connectivity index (χ1v) is 7.12. The minimum Gasteiger partial charge on any atom is -0.0879 e. The Morgan fingerprint density at radius 2 is 1.17 bits per heavy atom. The lowest BCUT2D eigenvalue weighted by molar-refractivity contribution is 0.315. The quantitative estimate of drug-likeness (QED) is 0.624. The van der Waals surface area contributed by atoms with Crippen molar-refractivity contribution >= 4 is 0 Å². The maximum Gasteiger partial charge on any atom is 0.00610 e. The standard InChI is InChI=1S/C18H20/c1-16(15-9-3-2-4-10-15)17-11-5-6-12-18(16,17)14-8-7-13-17/h2-10H,11-14H2,1H3. The van der Waals surface area contributed by atoms with Crippen LogP contribution in [-0.4, -0.2) is 0 Å². The zero-order chi connectivity index (χ0) is 12.3. The molecule has 0 spiro atoms. The average Bonchev–Trinajstić information content (AvgIpc) is 2.97. The molecule has 92 valence electrons. The fourth-order valence-corrected chi connectivity index (χ4v) is 5.28. The molecule has 1 fully saturated rings. The Morgan fingerprint density at radius 3 is 1.61 bits per heavy atom. The van der Waals surface area contributed by atoms with Crippen molar-refractivity contribution in [2.75, 3.05) is 0 Å². The van der Waals surface area contributed by atoms with Gasteiger partial charge in [0, 0.05) is 5.41 Å². The highest BCUT2D eigenvalue weighted by Crippen LogP contribution is 2.86. The van der Waals surface area contributed by atoms with Gasteiger partial charge in [-0.15, -0.1) is 0 Å². The summed E-state index contributed by atoms with van der Waals surface area (Å²) in [5.41, 5.74) is 2.93. The van der Waals surface area contributed by atoms with Gasteiger partial charge in [-0.05, 0) is 42.1 Å². The average molecular weight is 236 g/mol. The molecule has 0 nitrogen and oxygen atoms in total. The Balaban J connectivity index is 1.89. The number of allylic oxidation sites excluding steroid dienone is 4. The second kappa shape index (κ2) is 3.17. The number of rotatable bonds is 1. The van der Waals surface area contributed by atoms with Gasteiger partial charge in [0.2, 0.25) is 0 Å². The molecule has 0 N–H and O–H groups in total. The Labute approximate surface area is 109 Å². The number of hydrogen-bond donors (Lipinski definition) is 0. The molecular weight excluding hydrogens is 216 g/mol. The van der Waals surface area contributed by atoms with E-state index in [9.17, 15) is 0 Å². The summed E-state index contributed by atoms with van der Waals surface area (Å²) in [7, 11) is 0. The third-order valence-corrected chi connectivity index (χ3v) is 6.32. The van der Waals surface area contributed by atoms with E-state index in [1.54, 1.807) is 5.56 Å². The largest absolute Gasteiger partial charge is 0.0879 e. The topological polar surface area (TPSA) is 0 Å². The van der Waals surface area contributed by atoms with E-state index >= 15 is 0 Å². The van der Waals surface area contributed by atoms with Crippen molar-refractivity contribution in [3.63, 3.8) is 0 Å². The third kappa shape index (κ3) is 0.889. The molecule has 0 unspecified atom stereocenters. The maximum atomic E-state index is 2.52. The van der Waals surface area contributed by atoms with Crippen LogP contribution in [0.25, 0.3) is 0 Å². The molecule has 1 saturated carbocycles. The summed E-state index contributed by atoms with van der Waals surface area (Å²) in [5, 5.41) is 0. The fraction of sp³-hybridized carbons (Fsp3) is 0.444. The molecule has 0 saturated heterocycles. The molecule has 3 aliphatic carbocycles. The molecule has 0 bridgehead atoms. The summed E-state index contributed by atoms with van der Waals surface area (Å²) in [6.07, 6.45) is 14.8. The first kappa shape index (κ1) is 10.6. The van der Waals surface area contributed by atoms with Gasteiger partial charge in [-0.3, -0.25) is 0 Å². The van der Waals surface area contributed by atoms with Crippen LogP contribution in [0.3, 0.4) is 0 Å². The van der Waals surface area contributed by atoms with Crippen molar-refractivity contribution in [3.8, 4) is 0 Å². The minimum absolute atomic E-state index is 0.369.